The van der Waals surface area contributed by atoms with E-state index in [9.17, 15) is 0 Å². The van der Waals surface area contributed by atoms with Gasteiger partial charge in [-0.1, -0.05) is 6.07 Å². The summed E-state index contributed by atoms with van der Waals surface area (Å²) in [6, 6.07) is 5.77. The highest BCUT2D eigenvalue weighted by Gasteiger charge is 2.06. The summed E-state index contributed by atoms with van der Waals surface area (Å²) in [5.74, 6) is 0.696. The lowest BCUT2D eigenvalue weighted by atomic mass is 10.3. The molecule has 4 nitrogen and oxygen atoms in total. The number of rotatable bonds is 2. The van der Waals surface area contributed by atoms with Crippen LogP contribution in [0.5, 0.6) is 0 Å². The first-order valence-electron chi connectivity index (χ1n) is 4.09. The number of nitrogen functional groups attached to an aromatic ring is 1. The lowest BCUT2D eigenvalue weighted by molar-refractivity contribution is 0.959. The minimum absolute atomic E-state index is 0.577. The van der Waals surface area contributed by atoms with Crippen molar-refractivity contribution in [3.8, 4) is 0 Å². The number of fused-ring (bicyclic) bond motifs is 1. The molecule has 3 N–H and O–H groups in total. The van der Waals surface area contributed by atoms with Gasteiger partial charge in [-0.25, -0.2) is 4.52 Å². The second-order valence-electron chi connectivity index (χ2n) is 2.72. The van der Waals surface area contributed by atoms with Crippen molar-refractivity contribution in [3.63, 3.8) is 0 Å². The zero-order valence-electron chi connectivity index (χ0n) is 7.20. The molecule has 0 aliphatic rings. The third-order valence-corrected chi connectivity index (χ3v) is 1.87. The molecule has 0 fully saturated rings. The average Bonchev–Trinajstić information content (AvgIpc) is 2.46. The van der Waals surface area contributed by atoms with Crippen LogP contribution in [0.3, 0.4) is 0 Å². The monoisotopic (exact) mass is 175 g/mol. The first-order valence-corrected chi connectivity index (χ1v) is 4.09. The molecule has 2 heterocycles. The van der Waals surface area contributed by atoms with E-state index in [2.05, 4.69) is 17.3 Å². The number of hydrogen-bond acceptors (Lipinski definition) is 3. The van der Waals surface area contributed by atoms with Crippen molar-refractivity contribution < 1.29 is 0 Å². The molecule has 2 aromatic heterocycles. The average molecular weight is 175 g/mol. The van der Waals surface area contributed by atoms with E-state index in [1.807, 2.05) is 24.4 Å². The molecule has 4 heteroatoms. The third-order valence-electron chi connectivity index (χ3n) is 1.87. The predicted octanol–water partition coefficient (Wildman–Crippen LogP) is 1.16. The topological polar surface area (TPSA) is 55.4 Å². The molecule has 0 bridgehead atoms. The van der Waals surface area contributed by atoms with Gasteiger partial charge in [0.25, 0.3) is 0 Å². The van der Waals surface area contributed by atoms with Gasteiger partial charge in [0, 0.05) is 12.7 Å². The van der Waals surface area contributed by atoms with E-state index in [4.69, 9.17) is 5.73 Å². The van der Waals surface area contributed by atoms with Crippen molar-refractivity contribution in [2.75, 3.05) is 17.6 Å². The van der Waals surface area contributed by atoms with Crippen LogP contribution in [0.1, 0.15) is 0 Å². The number of nitrogens with one attached hydrogen (secondary N) is 1. The van der Waals surface area contributed by atoms with E-state index in [0.29, 0.717) is 18.1 Å². The Labute approximate surface area is 76.4 Å². The summed E-state index contributed by atoms with van der Waals surface area (Å²) in [6.07, 6.45) is 1.86. The maximum atomic E-state index is 5.85. The molecular formula is C9H11N4. The van der Waals surface area contributed by atoms with Crippen LogP contribution in [0, 0.1) is 6.92 Å². The quantitative estimate of drug-likeness (QED) is 0.720. The van der Waals surface area contributed by atoms with E-state index < -0.39 is 0 Å². The Kier molecular flexibility index (Phi) is 1.81. The van der Waals surface area contributed by atoms with E-state index in [1.54, 1.807) is 4.52 Å². The van der Waals surface area contributed by atoms with Crippen molar-refractivity contribution in [1.82, 2.24) is 9.61 Å². The molecule has 0 aromatic carbocycles. The van der Waals surface area contributed by atoms with Gasteiger partial charge < -0.3 is 11.1 Å². The summed E-state index contributed by atoms with van der Waals surface area (Å²) in [7, 11) is 0. The summed E-state index contributed by atoms with van der Waals surface area (Å²) in [4.78, 5) is 0. The SMILES string of the molecule is [CH2]CNc1nn2ccccc2c1N. The molecule has 1 radical (unpaired) electrons. The van der Waals surface area contributed by atoms with Crippen molar-refractivity contribution in [2.24, 2.45) is 0 Å². The van der Waals surface area contributed by atoms with Gasteiger partial charge in [0.15, 0.2) is 5.82 Å². The van der Waals surface area contributed by atoms with E-state index >= 15 is 0 Å². The lowest BCUT2D eigenvalue weighted by Crippen LogP contribution is -1.99. The molecule has 0 aliphatic heterocycles. The zero-order chi connectivity index (χ0) is 9.26. The van der Waals surface area contributed by atoms with Crippen molar-refractivity contribution in [1.29, 1.82) is 0 Å². The largest absolute Gasteiger partial charge is 0.394 e. The molecule has 0 saturated heterocycles. The summed E-state index contributed by atoms with van der Waals surface area (Å²) in [5.41, 5.74) is 7.44. The van der Waals surface area contributed by atoms with Crippen molar-refractivity contribution >= 4 is 17.0 Å². The summed E-state index contributed by atoms with van der Waals surface area (Å²) >= 11 is 0. The Morgan fingerprint density at radius 2 is 2.38 bits per heavy atom. The van der Waals surface area contributed by atoms with E-state index in [1.165, 1.54) is 0 Å². The van der Waals surface area contributed by atoms with Gasteiger partial charge in [0.05, 0.1) is 5.52 Å². The number of hydrogen-bond donors (Lipinski definition) is 2. The van der Waals surface area contributed by atoms with Gasteiger partial charge in [0.2, 0.25) is 0 Å². The maximum Gasteiger partial charge on any atom is 0.172 e. The molecule has 0 amide bonds. The Hall–Kier alpha value is -1.71. The highest BCUT2D eigenvalue weighted by Crippen LogP contribution is 2.21. The predicted molar refractivity (Wildman–Crippen MR) is 53.5 cm³/mol. The van der Waals surface area contributed by atoms with Gasteiger partial charge >= 0.3 is 0 Å². The molecule has 0 spiro atoms. The first kappa shape index (κ1) is 7.91. The van der Waals surface area contributed by atoms with Crippen LogP contribution >= 0.6 is 0 Å². The minimum Gasteiger partial charge on any atom is -0.394 e. The van der Waals surface area contributed by atoms with Crippen molar-refractivity contribution in [2.45, 2.75) is 0 Å². The number of anilines is 2. The van der Waals surface area contributed by atoms with E-state index in [0.717, 1.165) is 5.52 Å². The second kappa shape index (κ2) is 2.97. The molecular weight excluding hydrogens is 164 g/mol. The molecule has 0 aliphatic carbocycles. The Morgan fingerprint density at radius 3 is 3.08 bits per heavy atom. The fraction of sp³-hybridized carbons (Fsp3) is 0.111. The van der Waals surface area contributed by atoms with Crippen LogP contribution in [0.15, 0.2) is 24.4 Å². The zero-order valence-corrected chi connectivity index (χ0v) is 7.20. The fourth-order valence-corrected chi connectivity index (χ4v) is 1.27. The van der Waals surface area contributed by atoms with Gasteiger partial charge in [-0.2, -0.15) is 0 Å². The third kappa shape index (κ3) is 1.20. The standard InChI is InChI=1S/C9H11N4/c1-2-11-9-8(10)7-5-3-4-6-13(7)12-9/h3-6H,1-2,10H2,(H,11,12). The number of nitrogens with zero attached hydrogens (tertiary/aromatic N) is 2. The normalized spacial score (nSPS) is 10.5. The molecule has 2 aromatic rings. The number of aromatic nitrogens is 2. The van der Waals surface area contributed by atoms with Crippen LogP contribution < -0.4 is 11.1 Å². The molecule has 0 saturated carbocycles. The molecule has 13 heavy (non-hydrogen) atoms. The van der Waals surface area contributed by atoms with E-state index in [-0.39, 0.29) is 0 Å². The van der Waals surface area contributed by atoms with Crippen LogP contribution in [-0.2, 0) is 0 Å². The molecule has 0 atom stereocenters. The molecule has 2 rings (SSSR count). The fourth-order valence-electron chi connectivity index (χ4n) is 1.27. The lowest BCUT2D eigenvalue weighted by Gasteiger charge is -1.96. The summed E-state index contributed by atoms with van der Waals surface area (Å²) in [6.45, 7) is 4.25. The van der Waals surface area contributed by atoms with Gasteiger partial charge in [-0.15, -0.1) is 5.10 Å². The summed E-state index contributed by atoms with van der Waals surface area (Å²) in [5, 5.41) is 7.24. The smallest absolute Gasteiger partial charge is 0.172 e. The maximum absolute atomic E-state index is 5.85. The minimum atomic E-state index is 0.577. The van der Waals surface area contributed by atoms with Gasteiger partial charge in [-0.05, 0) is 19.1 Å². The molecule has 67 valence electrons. The van der Waals surface area contributed by atoms with Crippen LogP contribution in [0.4, 0.5) is 11.5 Å². The first-order chi connectivity index (χ1) is 6.33. The number of nitrogens with two attached hydrogens (primary N) is 1. The molecule has 0 unspecified atom stereocenters. The Bertz CT molecular complexity index is 418. The van der Waals surface area contributed by atoms with Gasteiger partial charge in [-0.3, -0.25) is 0 Å². The Morgan fingerprint density at radius 1 is 1.54 bits per heavy atom. The van der Waals surface area contributed by atoms with Crippen LogP contribution in [0.2, 0.25) is 0 Å². The number of pyridine rings is 1. The van der Waals surface area contributed by atoms with Crippen LogP contribution in [-0.4, -0.2) is 16.2 Å². The van der Waals surface area contributed by atoms with Crippen LogP contribution in [0.25, 0.3) is 5.52 Å². The highest BCUT2D eigenvalue weighted by atomic mass is 15.3. The second-order valence-corrected chi connectivity index (χ2v) is 2.72. The Balaban J connectivity index is 2.60. The van der Waals surface area contributed by atoms with Gasteiger partial charge in [0.1, 0.15) is 5.69 Å². The summed E-state index contributed by atoms with van der Waals surface area (Å²) < 4.78 is 1.74. The highest BCUT2D eigenvalue weighted by molar-refractivity contribution is 5.80. The van der Waals surface area contributed by atoms with Crippen molar-refractivity contribution in [3.05, 3.63) is 31.3 Å².